The first-order valence-electron chi connectivity index (χ1n) is 5.60. The molecule has 1 fully saturated rings. The summed E-state index contributed by atoms with van der Waals surface area (Å²) in [5.41, 5.74) is 0.950. The summed E-state index contributed by atoms with van der Waals surface area (Å²) in [6, 6.07) is 1.67. The maximum absolute atomic E-state index is 11.5. The van der Waals surface area contributed by atoms with Gasteiger partial charge in [0.1, 0.15) is 0 Å². The van der Waals surface area contributed by atoms with Gasteiger partial charge < -0.3 is 4.98 Å². The monoisotopic (exact) mass is 234 g/mol. The number of nitrogens with one attached hydrogen (secondary N) is 1. The van der Waals surface area contributed by atoms with Crippen molar-refractivity contribution in [2.75, 3.05) is 6.26 Å². The quantitative estimate of drug-likeness (QED) is 0.484. The lowest BCUT2D eigenvalue weighted by molar-refractivity contribution is 0.561. The highest BCUT2D eigenvalue weighted by atomic mass is 32.2. The maximum Gasteiger partial charge on any atom is 0.251 e. The Balaban J connectivity index is 1.98. The molecule has 2 bridgehead atoms. The number of thioether (sulfide) groups is 1. The second-order valence-electron chi connectivity index (χ2n) is 4.57. The fourth-order valence-electron chi connectivity index (χ4n) is 2.86. The van der Waals surface area contributed by atoms with Crippen molar-refractivity contribution < 1.29 is 0 Å². The van der Waals surface area contributed by atoms with Gasteiger partial charge in [-0.05, 0) is 30.9 Å². The van der Waals surface area contributed by atoms with Gasteiger partial charge in [-0.3, -0.25) is 4.79 Å². The van der Waals surface area contributed by atoms with Crippen molar-refractivity contribution in [3.05, 3.63) is 34.3 Å². The zero-order chi connectivity index (χ0) is 11.1. The molecule has 0 spiro atoms. The van der Waals surface area contributed by atoms with Crippen molar-refractivity contribution in [2.24, 2.45) is 11.8 Å². The molecular weight excluding hydrogens is 220 g/mol. The van der Waals surface area contributed by atoms with Crippen LogP contribution in [-0.4, -0.2) is 16.2 Å². The lowest BCUT2D eigenvalue weighted by atomic mass is 9.90. The minimum absolute atomic E-state index is 0.0268. The first-order chi connectivity index (χ1) is 7.76. The molecule has 0 unspecified atom stereocenters. The first kappa shape index (κ1) is 10.1. The Bertz CT molecular complexity index is 494. The van der Waals surface area contributed by atoms with Gasteiger partial charge in [0.05, 0.1) is 5.69 Å². The predicted molar refractivity (Wildman–Crippen MR) is 64.7 cm³/mol. The van der Waals surface area contributed by atoms with Gasteiger partial charge in [-0.1, -0.05) is 23.9 Å². The van der Waals surface area contributed by atoms with Crippen LogP contribution in [0, 0.1) is 11.8 Å². The van der Waals surface area contributed by atoms with E-state index in [0.717, 1.165) is 17.3 Å². The van der Waals surface area contributed by atoms with Gasteiger partial charge in [-0.25, -0.2) is 4.98 Å². The van der Waals surface area contributed by atoms with Crippen molar-refractivity contribution >= 4 is 11.8 Å². The van der Waals surface area contributed by atoms with E-state index >= 15 is 0 Å². The summed E-state index contributed by atoms with van der Waals surface area (Å²) in [5, 5.41) is 0.731. The molecule has 0 amide bonds. The summed E-state index contributed by atoms with van der Waals surface area (Å²) in [4.78, 5) is 18.8. The molecule has 1 heterocycles. The molecule has 1 N–H and O–H groups in total. The fourth-order valence-corrected chi connectivity index (χ4v) is 3.26. The van der Waals surface area contributed by atoms with E-state index < -0.39 is 0 Å². The number of hydrogen-bond acceptors (Lipinski definition) is 3. The molecular formula is C12H14N2OS. The number of rotatable bonds is 2. The minimum Gasteiger partial charge on any atom is -0.301 e. The summed E-state index contributed by atoms with van der Waals surface area (Å²) in [5.74, 6) is 1.78. The Labute approximate surface area is 98.4 Å². The van der Waals surface area contributed by atoms with E-state index in [0.29, 0.717) is 17.8 Å². The second-order valence-corrected chi connectivity index (χ2v) is 5.36. The number of aromatic amines is 1. The standard InChI is InChI=1S/C12H14N2OS/c1-16-12-13-10(6-11(15)14-12)9-5-7-2-3-8(9)4-7/h2-3,6-9H,4-5H2,1H3,(H,13,14,15)/t7-,8-,9+/m0/s1. The zero-order valence-electron chi connectivity index (χ0n) is 9.14. The molecule has 0 saturated heterocycles. The summed E-state index contributed by atoms with van der Waals surface area (Å²) < 4.78 is 0. The molecule has 2 aliphatic carbocycles. The van der Waals surface area contributed by atoms with E-state index in [1.165, 1.54) is 18.2 Å². The van der Waals surface area contributed by atoms with Crippen LogP contribution in [0.25, 0.3) is 0 Å². The topological polar surface area (TPSA) is 45.8 Å². The number of fused-ring (bicyclic) bond motifs is 2. The van der Waals surface area contributed by atoms with Gasteiger partial charge in [-0.2, -0.15) is 0 Å². The summed E-state index contributed by atoms with van der Waals surface area (Å²) in [7, 11) is 0. The lowest BCUT2D eigenvalue weighted by Gasteiger charge is -2.17. The molecule has 3 nitrogen and oxygen atoms in total. The number of nitrogens with zero attached hydrogens (tertiary/aromatic N) is 1. The van der Waals surface area contributed by atoms with Crippen molar-refractivity contribution in [1.82, 2.24) is 9.97 Å². The Morgan fingerprint density at radius 2 is 2.31 bits per heavy atom. The number of H-pyrrole nitrogens is 1. The van der Waals surface area contributed by atoms with E-state index in [4.69, 9.17) is 0 Å². The van der Waals surface area contributed by atoms with Gasteiger partial charge in [-0.15, -0.1) is 0 Å². The smallest absolute Gasteiger partial charge is 0.251 e. The van der Waals surface area contributed by atoms with Crippen LogP contribution in [0.3, 0.4) is 0 Å². The molecule has 1 aromatic heterocycles. The zero-order valence-corrected chi connectivity index (χ0v) is 9.96. The van der Waals surface area contributed by atoms with Crippen LogP contribution < -0.4 is 5.56 Å². The van der Waals surface area contributed by atoms with Crippen LogP contribution in [0.2, 0.25) is 0 Å². The van der Waals surface area contributed by atoms with E-state index in [-0.39, 0.29) is 5.56 Å². The number of allylic oxidation sites excluding steroid dienone is 2. The number of aromatic nitrogens is 2. The van der Waals surface area contributed by atoms with Crippen LogP contribution in [0.5, 0.6) is 0 Å². The molecule has 2 aliphatic rings. The lowest BCUT2D eigenvalue weighted by Crippen LogP contribution is -2.15. The van der Waals surface area contributed by atoms with Gasteiger partial charge >= 0.3 is 0 Å². The normalized spacial score (nSPS) is 31.2. The van der Waals surface area contributed by atoms with E-state index in [1.807, 2.05) is 6.26 Å². The highest BCUT2D eigenvalue weighted by Gasteiger charge is 2.37. The minimum atomic E-state index is -0.0268. The molecule has 16 heavy (non-hydrogen) atoms. The Morgan fingerprint density at radius 3 is 2.94 bits per heavy atom. The third-order valence-corrected chi connectivity index (χ3v) is 4.17. The van der Waals surface area contributed by atoms with Crippen LogP contribution >= 0.6 is 11.8 Å². The third-order valence-electron chi connectivity index (χ3n) is 3.59. The molecule has 0 radical (unpaired) electrons. The second kappa shape index (κ2) is 3.77. The van der Waals surface area contributed by atoms with Crippen molar-refractivity contribution in [3.8, 4) is 0 Å². The molecule has 1 aromatic rings. The fraction of sp³-hybridized carbons (Fsp3) is 0.500. The summed E-state index contributed by atoms with van der Waals surface area (Å²) in [6.45, 7) is 0. The molecule has 1 saturated carbocycles. The molecule has 0 aromatic carbocycles. The predicted octanol–water partition coefficient (Wildman–Crippen LogP) is 2.17. The van der Waals surface area contributed by atoms with Crippen molar-refractivity contribution in [3.63, 3.8) is 0 Å². The highest BCUT2D eigenvalue weighted by molar-refractivity contribution is 7.98. The average molecular weight is 234 g/mol. The van der Waals surface area contributed by atoms with Crippen LogP contribution in [-0.2, 0) is 0 Å². The first-order valence-corrected chi connectivity index (χ1v) is 6.82. The average Bonchev–Trinajstić information content (AvgIpc) is 2.89. The van der Waals surface area contributed by atoms with Crippen LogP contribution in [0.4, 0.5) is 0 Å². The Morgan fingerprint density at radius 1 is 1.44 bits per heavy atom. The number of hydrogen-bond donors (Lipinski definition) is 1. The molecule has 0 aliphatic heterocycles. The highest BCUT2D eigenvalue weighted by Crippen LogP contribution is 2.48. The Kier molecular flexibility index (Phi) is 2.39. The van der Waals surface area contributed by atoms with Crippen LogP contribution in [0.15, 0.2) is 28.2 Å². The SMILES string of the molecule is CSc1nc([C@@H]2C[C@H]3C=C[C@H]2C3)cc(=O)[nH]1. The van der Waals surface area contributed by atoms with Gasteiger partial charge in [0, 0.05) is 12.0 Å². The molecule has 4 heteroatoms. The summed E-state index contributed by atoms with van der Waals surface area (Å²) in [6.07, 6.45) is 8.94. The molecule has 3 atom stereocenters. The summed E-state index contributed by atoms with van der Waals surface area (Å²) >= 11 is 1.49. The van der Waals surface area contributed by atoms with Crippen molar-refractivity contribution in [2.45, 2.75) is 23.9 Å². The van der Waals surface area contributed by atoms with Gasteiger partial charge in [0.2, 0.25) is 0 Å². The molecule has 84 valence electrons. The Hall–Kier alpha value is -1.03. The van der Waals surface area contributed by atoms with Crippen molar-refractivity contribution in [1.29, 1.82) is 0 Å². The van der Waals surface area contributed by atoms with Gasteiger partial charge in [0.25, 0.3) is 5.56 Å². The maximum atomic E-state index is 11.5. The van der Waals surface area contributed by atoms with Gasteiger partial charge in [0.15, 0.2) is 5.16 Å². The van der Waals surface area contributed by atoms with Crippen LogP contribution in [0.1, 0.15) is 24.5 Å². The third kappa shape index (κ3) is 1.61. The van der Waals surface area contributed by atoms with E-state index in [2.05, 4.69) is 22.1 Å². The van der Waals surface area contributed by atoms with E-state index in [9.17, 15) is 4.79 Å². The molecule has 3 rings (SSSR count). The van der Waals surface area contributed by atoms with E-state index in [1.54, 1.807) is 6.07 Å². The largest absolute Gasteiger partial charge is 0.301 e.